The highest BCUT2D eigenvalue weighted by Gasteiger charge is 2.10. The van der Waals surface area contributed by atoms with Crippen LogP contribution in [0.2, 0.25) is 5.02 Å². The largest absolute Gasteiger partial charge is 0.326 e. The number of nitrogens with zero attached hydrogens (tertiary/aromatic N) is 2. The second-order valence-electron chi connectivity index (χ2n) is 6.00. The van der Waals surface area contributed by atoms with Gasteiger partial charge in [-0.1, -0.05) is 17.7 Å². The monoisotopic (exact) mass is 402 g/mol. The first-order valence-corrected chi connectivity index (χ1v) is 8.78. The number of nitro groups is 1. The van der Waals surface area contributed by atoms with Crippen molar-refractivity contribution in [3.8, 4) is 0 Å². The molecular weight excluding hydrogens is 384 g/mol. The number of halogens is 1. The van der Waals surface area contributed by atoms with Crippen LogP contribution in [-0.2, 0) is 9.59 Å². The van der Waals surface area contributed by atoms with Gasteiger partial charge in [-0.15, -0.1) is 0 Å². The van der Waals surface area contributed by atoms with E-state index in [4.69, 9.17) is 11.6 Å². The van der Waals surface area contributed by atoms with E-state index in [-0.39, 0.29) is 24.4 Å². The van der Waals surface area contributed by atoms with Crippen molar-refractivity contribution >= 4 is 40.5 Å². The third-order valence-corrected chi connectivity index (χ3v) is 4.37. The van der Waals surface area contributed by atoms with Crippen molar-refractivity contribution in [2.24, 2.45) is 5.10 Å². The zero-order valence-corrected chi connectivity index (χ0v) is 16.1. The molecule has 2 amide bonds. The van der Waals surface area contributed by atoms with Crippen LogP contribution in [0.4, 0.5) is 11.4 Å². The predicted octanol–water partition coefficient (Wildman–Crippen LogP) is 3.82. The van der Waals surface area contributed by atoms with Gasteiger partial charge in [0.15, 0.2) is 0 Å². The standard InChI is InChI=1S/C19H19ClN4O4/c1-12-16(20)4-3-5-17(12)21-18(25)10-11-19(26)23-22-13(2)14-6-8-15(9-7-14)24(27)28/h3-9H,10-11H2,1-2H3,(H,21,25)(H,23,26). The first kappa shape index (κ1) is 21.0. The summed E-state index contributed by atoms with van der Waals surface area (Å²) in [5, 5.41) is 17.9. The van der Waals surface area contributed by atoms with E-state index in [1.165, 1.54) is 12.1 Å². The summed E-state index contributed by atoms with van der Waals surface area (Å²) < 4.78 is 0. The lowest BCUT2D eigenvalue weighted by molar-refractivity contribution is -0.384. The second kappa shape index (κ2) is 9.61. The van der Waals surface area contributed by atoms with Crippen molar-refractivity contribution in [1.29, 1.82) is 0 Å². The van der Waals surface area contributed by atoms with Crippen LogP contribution in [-0.4, -0.2) is 22.4 Å². The molecule has 2 aromatic rings. The lowest BCUT2D eigenvalue weighted by Crippen LogP contribution is -2.22. The Morgan fingerprint density at radius 1 is 1.11 bits per heavy atom. The molecule has 0 aliphatic heterocycles. The van der Waals surface area contributed by atoms with E-state index in [0.717, 1.165) is 5.56 Å². The van der Waals surface area contributed by atoms with E-state index in [2.05, 4.69) is 15.8 Å². The lowest BCUT2D eigenvalue weighted by Gasteiger charge is -2.09. The van der Waals surface area contributed by atoms with Gasteiger partial charge in [-0.2, -0.15) is 5.10 Å². The molecule has 9 heteroatoms. The van der Waals surface area contributed by atoms with Crippen molar-refractivity contribution in [3.63, 3.8) is 0 Å². The van der Waals surface area contributed by atoms with Gasteiger partial charge < -0.3 is 5.32 Å². The Bertz CT molecular complexity index is 926. The maximum Gasteiger partial charge on any atom is 0.269 e. The Kier molecular flexibility index (Phi) is 7.22. The van der Waals surface area contributed by atoms with Gasteiger partial charge in [0.2, 0.25) is 11.8 Å². The first-order valence-electron chi connectivity index (χ1n) is 8.41. The highest BCUT2D eigenvalue weighted by Crippen LogP contribution is 2.23. The molecule has 2 N–H and O–H groups in total. The van der Waals surface area contributed by atoms with Gasteiger partial charge in [0.1, 0.15) is 0 Å². The van der Waals surface area contributed by atoms with Gasteiger partial charge in [-0.3, -0.25) is 19.7 Å². The van der Waals surface area contributed by atoms with Crippen LogP contribution in [0.3, 0.4) is 0 Å². The molecule has 2 rings (SSSR count). The van der Waals surface area contributed by atoms with Crippen LogP contribution >= 0.6 is 11.6 Å². The summed E-state index contributed by atoms with van der Waals surface area (Å²) in [6.07, 6.45) is -0.0492. The summed E-state index contributed by atoms with van der Waals surface area (Å²) in [6.45, 7) is 3.45. The molecule has 2 aromatic carbocycles. The minimum absolute atomic E-state index is 0.0100. The Balaban J connectivity index is 1.84. The molecule has 0 unspecified atom stereocenters. The summed E-state index contributed by atoms with van der Waals surface area (Å²) in [5.41, 5.74) is 4.83. The van der Waals surface area contributed by atoms with E-state index < -0.39 is 10.8 Å². The van der Waals surface area contributed by atoms with Crippen LogP contribution in [0.1, 0.15) is 30.9 Å². The van der Waals surface area contributed by atoms with Crippen LogP contribution in [0.25, 0.3) is 0 Å². The summed E-state index contributed by atoms with van der Waals surface area (Å²) in [6, 6.07) is 11.0. The average Bonchev–Trinajstić information content (AvgIpc) is 2.68. The van der Waals surface area contributed by atoms with E-state index in [1.54, 1.807) is 44.2 Å². The molecule has 0 saturated carbocycles. The molecule has 0 atom stereocenters. The highest BCUT2D eigenvalue weighted by molar-refractivity contribution is 6.31. The van der Waals surface area contributed by atoms with Gasteiger partial charge in [0.25, 0.3) is 5.69 Å². The van der Waals surface area contributed by atoms with Crippen LogP contribution in [0, 0.1) is 17.0 Å². The molecular formula is C19H19ClN4O4. The topological polar surface area (TPSA) is 114 Å². The second-order valence-corrected chi connectivity index (χ2v) is 6.40. The molecule has 0 heterocycles. The van der Waals surface area contributed by atoms with E-state index >= 15 is 0 Å². The number of hydrogen-bond acceptors (Lipinski definition) is 5. The van der Waals surface area contributed by atoms with Crippen molar-refractivity contribution in [2.75, 3.05) is 5.32 Å². The minimum Gasteiger partial charge on any atom is -0.326 e. The molecule has 146 valence electrons. The highest BCUT2D eigenvalue weighted by atomic mass is 35.5. The molecule has 0 aromatic heterocycles. The number of rotatable bonds is 7. The summed E-state index contributed by atoms with van der Waals surface area (Å²) in [5.74, 6) is -0.726. The van der Waals surface area contributed by atoms with Gasteiger partial charge in [-0.05, 0) is 49.2 Å². The number of nitro benzene ring substituents is 1. The third kappa shape index (κ3) is 5.88. The molecule has 0 spiro atoms. The number of anilines is 1. The van der Waals surface area contributed by atoms with Gasteiger partial charge in [0, 0.05) is 35.7 Å². The average molecular weight is 403 g/mol. The van der Waals surface area contributed by atoms with Crippen molar-refractivity contribution in [1.82, 2.24) is 5.43 Å². The number of nitrogens with one attached hydrogen (secondary N) is 2. The Morgan fingerprint density at radius 3 is 2.39 bits per heavy atom. The van der Waals surface area contributed by atoms with E-state index in [0.29, 0.717) is 22.0 Å². The van der Waals surface area contributed by atoms with Gasteiger partial charge in [-0.25, -0.2) is 5.43 Å². The molecule has 0 fully saturated rings. The van der Waals surface area contributed by atoms with Crippen molar-refractivity contribution < 1.29 is 14.5 Å². The van der Waals surface area contributed by atoms with E-state index in [1.807, 2.05) is 0 Å². The van der Waals surface area contributed by atoms with Crippen LogP contribution < -0.4 is 10.7 Å². The predicted molar refractivity (Wildman–Crippen MR) is 108 cm³/mol. The van der Waals surface area contributed by atoms with Gasteiger partial charge in [0.05, 0.1) is 10.6 Å². The summed E-state index contributed by atoms with van der Waals surface area (Å²) in [4.78, 5) is 34.1. The number of hydrazone groups is 1. The molecule has 0 aliphatic carbocycles. The molecule has 0 radical (unpaired) electrons. The lowest BCUT2D eigenvalue weighted by atomic mass is 10.1. The Hall–Kier alpha value is -3.26. The van der Waals surface area contributed by atoms with Crippen LogP contribution in [0.5, 0.6) is 0 Å². The quantitative estimate of drug-likeness (QED) is 0.416. The number of non-ortho nitro benzene ring substituents is 1. The Morgan fingerprint density at radius 2 is 1.75 bits per heavy atom. The minimum atomic E-state index is -0.492. The van der Waals surface area contributed by atoms with E-state index in [9.17, 15) is 19.7 Å². The number of carbonyl (C=O) groups excluding carboxylic acids is 2. The molecule has 8 nitrogen and oxygen atoms in total. The molecule has 0 bridgehead atoms. The zero-order chi connectivity index (χ0) is 20.7. The normalized spacial score (nSPS) is 11.0. The number of amides is 2. The first-order chi connectivity index (χ1) is 13.3. The molecule has 0 saturated heterocycles. The fourth-order valence-electron chi connectivity index (χ4n) is 2.27. The fraction of sp³-hybridized carbons (Fsp3) is 0.211. The smallest absolute Gasteiger partial charge is 0.269 e. The zero-order valence-electron chi connectivity index (χ0n) is 15.4. The third-order valence-electron chi connectivity index (χ3n) is 3.97. The maximum absolute atomic E-state index is 12.0. The number of benzene rings is 2. The van der Waals surface area contributed by atoms with Crippen molar-refractivity contribution in [3.05, 3.63) is 68.7 Å². The summed E-state index contributed by atoms with van der Waals surface area (Å²) >= 11 is 6.01. The molecule has 0 aliphatic rings. The van der Waals surface area contributed by atoms with Crippen LogP contribution in [0.15, 0.2) is 47.6 Å². The van der Waals surface area contributed by atoms with Crippen molar-refractivity contribution in [2.45, 2.75) is 26.7 Å². The molecule has 28 heavy (non-hydrogen) atoms. The number of hydrogen-bond donors (Lipinski definition) is 2. The maximum atomic E-state index is 12.0. The fourth-order valence-corrected chi connectivity index (χ4v) is 2.45. The van der Waals surface area contributed by atoms with Gasteiger partial charge >= 0.3 is 0 Å². The Labute approximate surface area is 166 Å². The SMILES string of the molecule is CC(=NNC(=O)CCC(=O)Nc1cccc(Cl)c1C)c1ccc([N+](=O)[O-])cc1. The summed E-state index contributed by atoms with van der Waals surface area (Å²) in [7, 11) is 0. The number of carbonyl (C=O) groups is 2.